The fraction of sp³-hybridized carbons (Fsp3) is 0.750. The van der Waals surface area contributed by atoms with E-state index in [1.165, 1.54) is 4.88 Å². The summed E-state index contributed by atoms with van der Waals surface area (Å²) >= 11 is 1.72. The Kier molecular flexibility index (Phi) is 6.00. The van der Waals surface area contributed by atoms with Crippen molar-refractivity contribution >= 4 is 17.4 Å². The maximum absolute atomic E-state index is 12.2. The van der Waals surface area contributed by atoms with Gasteiger partial charge in [-0.2, -0.15) is 0 Å². The fourth-order valence-corrected chi connectivity index (χ4v) is 3.32. The van der Waals surface area contributed by atoms with Crippen molar-refractivity contribution in [2.24, 2.45) is 0 Å². The van der Waals surface area contributed by atoms with E-state index in [1.54, 1.807) is 23.3 Å². The van der Waals surface area contributed by atoms with E-state index < -0.39 is 5.60 Å². The molecule has 0 bridgehead atoms. The van der Waals surface area contributed by atoms with E-state index in [-0.39, 0.29) is 18.2 Å². The molecule has 0 radical (unpaired) electrons. The lowest BCUT2D eigenvalue weighted by Crippen LogP contribution is -2.40. The lowest BCUT2D eigenvalue weighted by molar-refractivity contribution is 0.0252. The summed E-state index contributed by atoms with van der Waals surface area (Å²) in [6.07, 6.45) is 2.57. The van der Waals surface area contributed by atoms with Crippen LogP contribution < -0.4 is 5.32 Å². The number of thiazole rings is 1. The normalized spacial score (nSPS) is 21.7. The van der Waals surface area contributed by atoms with Gasteiger partial charge in [0, 0.05) is 31.3 Å². The Morgan fingerprint density at radius 3 is 2.78 bits per heavy atom. The molecule has 1 unspecified atom stereocenters. The molecule has 1 aromatic rings. The summed E-state index contributed by atoms with van der Waals surface area (Å²) in [6.45, 7) is 9.61. The average Bonchev–Trinajstić information content (AvgIpc) is 3.09. The molecule has 1 aliphatic rings. The van der Waals surface area contributed by atoms with Gasteiger partial charge in [-0.1, -0.05) is 6.92 Å². The Morgan fingerprint density at radius 2 is 2.22 bits per heavy atom. The maximum Gasteiger partial charge on any atom is 0.410 e. The molecule has 1 aromatic heterocycles. The summed E-state index contributed by atoms with van der Waals surface area (Å²) < 4.78 is 11.0. The fourth-order valence-electron chi connectivity index (χ4n) is 2.51. The van der Waals surface area contributed by atoms with Gasteiger partial charge in [-0.15, -0.1) is 11.3 Å². The number of rotatable bonds is 5. The molecule has 23 heavy (non-hydrogen) atoms. The van der Waals surface area contributed by atoms with Crippen LogP contribution in [-0.2, 0) is 22.4 Å². The molecule has 1 saturated heterocycles. The van der Waals surface area contributed by atoms with Crippen molar-refractivity contribution in [2.75, 3.05) is 20.2 Å². The SMILES string of the molecule is CCc1ncc(CNC2CN(C(=O)OC(C)(C)C)C[C@@H]2OC)s1. The molecule has 0 aliphatic carbocycles. The number of amides is 1. The third-order valence-corrected chi connectivity index (χ3v) is 4.80. The standard InChI is InChI=1S/C16H27N3O3S/c1-6-14-18-8-11(23-14)7-17-12-9-19(10-13(12)21-5)15(20)22-16(2,3)4/h8,12-13,17H,6-7,9-10H2,1-5H3/t12?,13-/m0/s1. The van der Waals surface area contributed by atoms with E-state index in [2.05, 4.69) is 17.2 Å². The Balaban J connectivity index is 1.89. The minimum Gasteiger partial charge on any atom is -0.444 e. The highest BCUT2D eigenvalue weighted by molar-refractivity contribution is 7.11. The van der Waals surface area contributed by atoms with Crippen LogP contribution in [0.4, 0.5) is 4.79 Å². The molecule has 7 heteroatoms. The number of aromatic nitrogens is 1. The van der Waals surface area contributed by atoms with Crippen LogP contribution in [-0.4, -0.2) is 53.9 Å². The first kappa shape index (κ1) is 18.2. The second-order valence-electron chi connectivity index (χ2n) is 6.72. The van der Waals surface area contributed by atoms with Gasteiger partial charge in [0.05, 0.1) is 23.7 Å². The smallest absolute Gasteiger partial charge is 0.410 e. The number of ether oxygens (including phenoxy) is 2. The molecule has 6 nitrogen and oxygen atoms in total. The highest BCUT2D eigenvalue weighted by atomic mass is 32.1. The molecular formula is C16H27N3O3S. The summed E-state index contributed by atoms with van der Waals surface area (Å²) in [5.41, 5.74) is -0.482. The van der Waals surface area contributed by atoms with Crippen molar-refractivity contribution in [3.8, 4) is 0 Å². The first-order chi connectivity index (χ1) is 10.8. The van der Waals surface area contributed by atoms with Crippen LogP contribution in [0.1, 0.15) is 37.6 Å². The summed E-state index contributed by atoms with van der Waals surface area (Å²) in [5, 5.41) is 4.63. The zero-order valence-electron chi connectivity index (χ0n) is 14.6. The zero-order chi connectivity index (χ0) is 17.0. The van der Waals surface area contributed by atoms with E-state index in [0.29, 0.717) is 13.1 Å². The van der Waals surface area contributed by atoms with Gasteiger partial charge in [0.25, 0.3) is 0 Å². The third kappa shape index (κ3) is 5.16. The molecule has 2 atom stereocenters. The van der Waals surface area contributed by atoms with Gasteiger partial charge in [0.1, 0.15) is 5.60 Å². The topological polar surface area (TPSA) is 63.7 Å². The Labute approximate surface area is 142 Å². The van der Waals surface area contributed by atoms with Crippen LogP contribution in [0.3, 0.4) is 0 Å². The van der Waals surface area contributed by atoms with E-state index in [9.17, 15) is 4.79 Å². The monoisotopic (exact) mass is 341 g/mol. The second kappa shape index (κ2) is 7.59. The summed E-state index contributed by atoms with van der Waals surface area (Å²) in [5.74, 6) is 0. The number of nitrogens with one attached hydrogen (secondary N) is 1. The minimum atomic E-state index is -0.482. The number of aryl methyl sites for hydroxylation is 1. The van der Waals surface area contributed by atoms with Crippen molar-refractivity contribution in [3.63, 3.8) is 0 Å². The summed E-state index contributed by atoms with van der Waals surface area (Å²) in [7, 11) is 1.68. The van der Waals surface area contributed by atoms with Gasteiger partial charge < -0.3 is 19.7 Å². The number of likely N-dealkylation sites (tertiary alicyclic amines) is 1. The van der Waals surface area contributed by atoms with Gasteiger partial charge in [-0.05, 0) is 27.2 Å². The summed E-state index contributed by atoms with van der Waals surface area (Å²) in [4.78, 5) is 19.5. The molecule has 2 heterocycles. The molecule has 1 amide bonds. The average molecular weight is 341 g/mol. The van der Waals surface area contributed by atoms with E-state index in [0.717, 1.165) is 18.0 Å². The predicted molar refractivity (Wildman–Crippen MR) is 90.7 cm³/mol. The van der Waals surface area contributed by atoms with Gasteiger partial charge in [0.2, 0.25) is 0 Å². The predicted octanol–water partition coefficient (Wildman–Crippen LogP) is 2.43. The van der Waals surface area contributed by atoms with E-state index >= 15 is 0 Å². The molecule has 2 rings (SSSR count). The second-order valence-corrected chi connectivity index (χ2v) is 7.92. The Hall–Kier alpha value is -1.18. The number of hydrogen-bond donors (Lipinski definition) is 1. The first-order valence-corrected chi connectivity index (χ1v) is 8.81. The highest BCUT2D eigenvalue weighted by Gasteiger charge is 2.37. The molecule has 1 fully saturated rings. The van der Waals surface area contributed by atoms with Crippen molar-refractivity contribution < 1.29 is 14.3 Å². The van der Waals surface area contributed by atoms with Crippen LogP contribution in [0, 0.1) is 0 Å². The zero-order valence-corrected chi connectivity index (χ0v) is 15.4. The van der Waals surface area contributed by atoms with Crippen LogP contribution in [0.25, 0.3) is 0 Å². The summed E-state index contributed by atoms with van der Waals surface area (Å²) in [6, 6.07) is 0.0969. The molecular weight excluding hydrogens is 314 g/mol. The first-order valence-electron chi connectivity index (χ1n) is 8.00. The van der Waals surface area contributed by atoms with E-state index in [1.807, 2.05) is 27.0 Å². The van der Waals surface area contributed by atoms with Crippen LogP contribution in [0.2, 0.25) is 0 Å². The van der Waals surface area contributed by atoms with Crippen molar-refractivity contribution in [3.05, 3.63) is 16.1 Å². The van der Waals surface area contributed by atoms with Crippen LogP contribution in [0.15, 0.2) is 6.20 Å². The number of nitrogens with zero attached hydrogens (tertiary/aromatic N) is 2. The molecule has 0 spiro atoms. The number of methoxy groups -OCH3 is 1. The van der Waals surface area contributed by atoms with Crippen molar-refractivity contribution in [2.45, 2.75) is 58.4 Å². The van der Waals surface area contributed by atoms with Gasteiger partial charge in [0.15, 0.2) is 0 Å². The van der Waals surface area contributed by atoms with Crippen LogP contribution >= 0.6 is 11.3 Å². The van der Waals surface area contributed by atoms with Crippen molar-refractivity contribution in [1.82, 2.24) is 15.2 Å². The number of carbonyl (C=O) groups excluding carboxylic acids is 1. The van der Waals surface area contributed by atoms with E-state index in [4.69, 9.17) is 9.47 Å². The van der Waals surface area contributed by atoms with Crippen LogP contribution in [0.5, 0.6) is 0 Å². The lowest BCUT2D eigenvalue weighted by atomic mass is 10.2. The van der Waals surface area contributed by atoms with Gasteiger partial charge >= 0.3 is 6.09 Å². The quantitative estimate of drug-likeness (QED) is 0.891. The largest absolute Gasteiger partial charge is 0.444 e. The number of hydrogen-bond acceptors (Lipinski definition) is 6. The molecule has 0 aromatic carbocycles. The lowest BCUT2D eigenvalue weighted by Gasteiger charge is -2.24. The minimum absolute atomic E-state index is 0.0268. The molecule has 130 valence electrons. The van der Waals surface area contributed by atoms with Gasteiger partial charge in [-0.3, -0.25) is 0 Å². The maximum atomic E-state index is 12.2. The van der Waals surface area contributed by atoms with Gasteiger partial charge in [-0.25, -0.2) is 9.78 Å². The highest BCUT2D eigenvalue weighted by Crippen LogP contribution is 2.19. The number of carbonyl (C=O) groups is 1. The third-order valence-electron chi connectivity index (χ3n) is 3.66. The Morgan fingerprint density at radius 1 is 1.48 bits per heavy atom. The molecule has 1 aliphatic heterocycles. The Bertz CT molecular complexity index is 527. The molecule has 1 N–H and O–H groups in total. The molecule has 0 saturated carbocycles. The van der Waals surface area contributed by atoms with Crippen molar-refractivity contribution in [1.29, 1.82) is 0 Å².